The Bertz CT molecular complexity index is 1230. The molecule has 2 aliphatic rings. The zero-order valence-electron chi connectivity index (χ0n) is 16.7. The van der Waals surface area contributed by atoms with E-state index in [0.717, 1.165) is 5.56 Å². The molecule has 1 aromatic heterocycles. The summed E-state index contributed by atoms with van der Waals surface area (Å²) in [6.45, 7) is 1.65. The number of aromatic amines is 2. The summed E-state index contributed by atoms with van der Waals surface area (Å²) in [5.41, 5.74) is 1.47. The number of carbonyl (C=O) groups is 2. The lowest BCUT2D eigenvalue weighted by molar-refractivity contribution is -0.143. The molecule has 9 heteroatoms. The molecule has 1 aliphatic carbocycles. The van der Waals surface area contributed by atoms with Gasteiger partial charge in [0, 0.05) is 43.4 Å². The number of imidazole rings is 1. The van der Waals surface area contributed by atoms with E-state index in [1.54, 1.807) is 40.1 Å². The summed E-state index contributed by atoms with van der Waals surface area (Å²) in [4.78, 5) is 45.5. The van der Waals surface area contributed by atoms with Crippen LogP contribution in [0.4, 0.5) is 0 Å². The number of aromatic nitrogens is 2. The minimum absolute atomic E-state index is 0.0289. The second-order valence-corrected chi connectivity index (χ2v) is 8.19. The number of nitrogens with one attached hydrogen (secondary N) is 2. The highest BCUT2D eigenvalue weighted by molar-refractivity contribution is 5.97. The molecular formula is C22H22N4O5. The van der Waals surface area contributed by atoms with E-state index in [1.807, 2.05) is 0 Å². The molecule has 0 spiro atoms. The molecule has 2 fully saturated rings. The summed E-state index contributed by atoms with van der Waals surface area (Å²) in [5.74, 6) is -0.328. The summed E-state index contributed by atoms with van der Waals surface area (Å²) in [6, 6.07) is 10.0. The molecule has 2 heterocycles. The van der Waals surface area contributed by atoms with Gasteiger partial charge in [0.2, 0.25) is 0 Å². The fraction of sp³-hybridized carbons (Fsp3) is 0.318. The van der Waals surface area contributed by atoms with Gasteiger partial charge in [-0.2, -0.15) is 0 Å². The van der Waals surface area contributed by atoms with Crippen LogP contribution in [0.2, 0.25) is 0 Å². The molecule has 5 rings (SSSR count). The monoisotopic (exact) mass is 422 g/mol. The van der Waals surface area contributed by atoms with E-state index in [2.05, 4.69) is 9.97 Å². The van der Waals surface area contributed by atoms with Crippen molar-refractivity contribution in [3.63, 3.8) is 0 Å². The van der Waals surface area contributed by atoms with Crippen LogP contribution in [-0.2, 0) is 4.79 Å². The van der Waals surface area contributed by atoms with Gasteiger partial charge in [0.05, 0.1) is 11.0 Å². The van der Waals surface area contributed by atoms with Gasteiger partial charge in [-0.15, -0.1) is 0 Å². The molecule has 2 amide bonds. The van der Waals surface area contributed by atoms with Crippen molar-refractivity contribution >= 4 is 22.8 Å². The van der Waals surface area contributed by atoms with Crippen LogP contribution < -0.4 is 5.69 Å². The van der Waals surface area contributed by atoms with E-state index in [1.165, 1.54) is 6.07 Å². The molecular weight excluding hydrogens is 400 g/mol. The molecule has 1 saturated heterocycles. The Kier molecular flexibility index (Phi) is 4.37. The van der Waals surface area contributed by atoms with Crippen LogP contribution >= 0.6 is 0 Å². The minimum Gasteiger partial charge on any atom is -0.508 e. The lowest BCUT2D eigenvalue weighted by Gasteiger charge is -2.35. The van der Waals surface area contributed by atoms with Gasteiger partial charge in [-0.1, -0.05) is 12.1 Å². The molecule has 31 heavy (non-hydrogen) atoms. The first-order valence-corrected chi connectivity index (χ1v) is 10.2. The fourth-order valence-electron chi connectivity index (χ4n) is 4.07. The number of carbonyl (C=O) groups excluding carboxylic acids is 2. The number of benzene rings is 2. The largest absolute Gasteiger partial charge is 0.508 e. The molecule has 0 atom stereocenters. The van der Waals surface area contributed by atoms with Gasteiger partial charge < -0.3 is 30.0 Å². The lowest BCUT2D eigenvalue weighted by Crippen LogP contribution is -2.53. The number of phenols is 1. The number of hydrogen-bond donors (Lipinski definition) is 4. The third-order valence-corrected chi connectivity index (χ3v) is 6.03. The van der Waals surface area contributed by atoms with Gasteiger partial charge >= 0.3 is 5.69 Å². The fourth-order valence-corrected chi connectivity index (χ4v) is 4.07. The Morgan fingerprint density at radius 2 is 1.58 bits per heavy atom. The van der Waals surface area contributed by atoms with Crippen molar-refractivity contribution in [1.29, 1.82) is 0 Å². The Morgan fingerprint density at radius 3 is 2.23 bits per heavy atom. The van der Waals surface area contributed by atoms with Gasteiger partial charge in [-0.05, 0) is 36.6 Å². The molecule has 0 bridgehead atoms. The van der Waals surface area contributed by atoms with Crippen molar-refractivity contribution in [2.45, 2.75) is 18.4 Å². The summed E-state index contributed by atoms with van der Waals surface area (Å²) in [7, 11) is 0. The quantitative estimate of drug-likeness (QED) is 0.501. The molecule has 9 nitrogen and oxygen atoms in total. The predicted octanol–water partition coefficient (Wildman–Crippen LogP) is 1.04. The summed E-state index contributed by atoms with van der Waals surface area (Å²) < 4.78 is 0. The minimum atomic E-state index is -1.18. The van der Waals surface area contributed by atoms with Crippen LogP contribution in [0.5, 0.6) is 5.75 Å². The van der Waals surface area contributed by atoms with E-state index in [4.69, 9.17) is 0 Å². The summed E-state index contributed by atoms with van der Waals surface area (Å²) >= 11 is 0. The first-order valence-electron chi connectivity index (χ1n) is 10.2. The number of rotatable bonds is 3. The molecule has 4 N–H and O–H groups in total. The number of aromatic hydroxyl groups is 1. The van der Waals surface area contributed by atoms with Gasteiger partial charge in [0.15, 0.2) is 0 Å². The van der Waals surface area contributed by atoms with Crippen molar-refractivity contribution in [2.75, 3.05) is 26.2 Å². The number of amides is 2. The van der Waals surface area contributed by atoms with E-state index in [-0.39, 0.29) is 23.3 Å². The molecule has 2 aromatic carbocycles. The van der Waals surface area contributed by atoms with Crippen LogP contribution in [0.3, 0.4) is 0 Å². The van der Waals surface area contributed by atoms with Crippen LogP contribution in [0.15, 0.2) is 41.2 Å². The van der Waals surface area contributed by atoms with Crippen LogP contribution in [0, 0.1) is 0 Å². The third kappa shape index (κ3) is 3.46. The summed E-state index contributed by atoms with van der Waals surface area (Å²) in [5, 5.41) is 20.0. The zero-order chi connectivity index (χ0) is 21.8. The number of H-pyrrole nitrogens is 2. The van der Waals surface area contributed by atoms with Gasteiger partial charge in [0.1, 0.15) is 11.4 Å². The Labute approximate surface area is 176 Å². The summed E-state index contributed by atoms with van der Waals surface area (Å²) in [6.07, 6.45) is 1.03. The topological polar surface area (TPSA) is 130 Å². The smallest absolute Gasteiger partial charge is 0.323 e. The Hall–Kier alpha value is -3.59. The van der Waals surface area contributed by atoms with Gasteiger partial charge in [-0.3, -0.25) is 9.59 Å². The predicted molar refractivity (Wildman–Crippen MR) is 113 cm³/mol. The highest BCUT2D eigenvalue weighted by atomic mass is 16.3. The Morgan fingerprint density at radius 1 is 0.935 bits per heavy atom. The molecule has 0 radical (unpaired) electrons. The number of nitrogens with zero attached hydrogens (tertiary/aromatic N) is 2. The van der Waals surface area contributed by atoms with E-state index in [0.29, 0.717) is 61.2 Å². The van der Waals surface area contributed by atoms with Crippen molar-refractivity contribution in [1.82, 2.24) is 19.8 Å². The van der Waals surface area contributed by atoms with Crippen LogP contribution in [-0.4, -0.2) is 73.6 Å². The maximum atomic E-state index is 12.9. The van der Waals surface area contributed by atoms with E-state index in [9.17, 15) is 24.6 Å². The normalized spacial score (nSPS) is 17.7. The number of phenolic OH excluding ortho intramolecular Hbond substituents is 1. The van der Waals surface area contributed by atoms with E-state index < -0.39 is 5.60 Å². The first kappa shape index (κ1) is 19.4. The highest BCUT2D eigenvalue weighted by Gasteiger charge is 2.50. The molecule has 0 unspecified atom stereocenters. The molecule has 1 saturated carbocycles. The van der Waals surface area contributed by atoms with Crippen LogP contribution in [0.1, 0.15) is 23.2 Å². The van der Waals surface area contributed by atoms with Gasteiger partial charge in [0.25, 0.3) is 11.8 Å². The average Bonchev–Trinajstić information content (AvgIpc) is 3.42. The van der Waals surface area contributed by atoms with Crippen LogP contribution in [0.25, 0.3) is 22.2 Å². The number of hydrogen-bond acceptors (Lipinski definition) is 5. The second-order valence-electron chi connectivity index (χ2n) is 8.19. The second kappa shape index (κ2) is 6.98. The Balaban J connectivity index is 1.31. The van der Waals surface area contributed by atoms with Crippen molar-refractivity contribution in [3.05, 3.63) is 52.4 Å². The van der Waals surface area contributed by atoms with Crippen molar-refractivity contribution in [2.24, 2.45) is 0 Å². The lowest BCUT2D eigenvalue weighted by atomic mass is 10.0. The molecule has 3 aromatic rings. The third-order valence-electron chi connectivity index (χ3n) is 6.03. The SMILES string of the molecule is O=C(c1ccc(-c2cc(O)cc3[nH]c(=O)[nH]c23)cc1)N1CCN(C(=O)C2(O)CC2)CC1. The number of aliphatic hydroxyl groups is 1. The first-order chi connectivity index (χ1) is 14.8. The maximum absolute atomic E-state index is 12.9. The van der Waals surface area contributed by atoms with Gasteiger partial charge in [-0.25, -0.2) is 4.79 Å². The maximum Gasteiger partial charge on any atom is 0.323 e. The van der Waals surface area contributed by atoms with Crippen molar-refractivity contribution < 1.29 is 19.8 Å². The number of piperazine rings is 1. The van der Waals surface area contributed by atoms with E-state index >= 15 is 0 Å². The standard InChI is InChI=1S/C22H22N4O5/c27-15-11-16(18-17(12-15)23-21(30)24-18)13-1-3-14(4-2-13)19(28)25-7-9-26(10-8-25)20(29)22(31)5-6-22/h1-4,11-12,27,31H,5-10H2,(H2,23,24,30). The molecule has 1 aliphatic heterocycles. The average molecular weight is 422 g/mol. The number of fused-ring (bicyclic) bond motifs is 1. The zero-order valence-corrected chi connectivity index (χ0v) is 16.7. The highest BCUT2D eigenvalue weighted by Crippen LogP contribution is 2.37. The molecule has 160 valence electrons. The van der Waals surface area contributed by atoms with Crippen molar-refractivity contribution in [3.8, 4) is 16.9 Å².